The van der Waals surface area contributed by atoms with Gasteiger partial charge in [0.2, 0.25) is 0 Å². The molecule has 2 aromatic rings. The standard InChI is InChI=1S/C19H24N2O3S.ClH/c1-14(2)24-19-9-8-17(12-15(19)3)25(22,23)21-11-10-20-13-16-6-4-5-7-18(16)21;/h4-9,12,14,20H,10-11,13H2,1-3H3;1H. The lowest BCUT2D eigenvalue weighted by atomic mass is 10.2. The van der Waals surface area contributed by atoms with Crippen LogP contribution in [0, 0.1) is 6.92 Å². The van der Waals surface area contributed by atoms with E-state index in [1.165, 1.54) is 4.31 Å². The number of benzene rings is 2. The van der Waals surface area contributed by atoms with Gasteiger partial charge in [0.05, 0.1) is 16.7 Å². The van der Waals surface area contributed by atoms with E-state index in [1.54, 1.807) is 18.2 Å². The highest BCUT2D eigenvalue weighted by atomic mass is 35.5. The molecule has 1 heterocycles. The quantitative estimate of drug-likeness (QED) is 0.859. The lowest BCUT2D eigenvalue weighted by Gasteiger charge is -2.24. The second-order valence-electron chi connectivity index (χ2n) is 6.48. The Labute approximate surface area is 161 Å². The normalized spacial score (nSPS) is 14.4. The fourth-order valence-electron chi connectivity index (χ4n) is 2.97. The van der Waals surface area contributed by atoms with Crippen LogP contribution in [-0.2, 0) is 16.6 Å². The SMILES string of the molecule is Cc1cc(S(=O)(=O)N2CCNCc3ccccc32)ccc1OC(C)C.Cl. The van der Waals surface area contributed by atoms with Crippen LogP contribution < -0.4 is 14.4 Å². The zero-order valence-corrected chi connectivity index (χ0v) is 16.9. The Morgan fingerprint density at radius 1 is 1.15 bits per heavy atom. The van der Waals surface area contributed by atoms with Crippen LogP contribution in [0.4, 0.5) is 5.69 Å². The first-order chi connectivity index (χ1) is 11.9. The Morgan fingerprint density at radius 3 is 2.58 bits per heavy atom. The first kappa shape index (κ1) is 20.6. The van der Waals surface area contributed by atoms with Gasteiger partial charge in [-0.15, -0.1) is 12.4 Å². The van der Waals surface area contributed by atoms with Gasteiger partial charge in [0.1, 0.15) is 5.75 Å². The van der Waals surface area contributed by atoms with E-state index in [0.29, 0.717) is 25.4 Å². The van der Waals surface area contributed by atoms with Gasteiger partial charge in [0, 0.05) is 19.6 Å². The summed E-state index contributed by atoms with van der Waals surface area (Å²) in [5.74, 6) is 0.715. The number of hydrogen-bond donors (Lipinski definition) is 1. The topological polar surface area (TPSA) is 58.6 Å². The molecule has 0 aromatic heterocycles. The summed E-state index contributed by atoms with van der Waals surface area (Å²) in [4.78, 5) is 0.290. The third-order valence-corrected chi connectivity index (χ3v) is 5.97. The van der Waals surface area contributed by atoms with Crippen LogP contribution >= 0.6 is 12.4 Å². The van der Waals surface area contributed by atoms with Crippen LogP contribution in [0.15, 0.2) is 47.4 Å². The molecule has 0 fully saturated rings. The van der Waals surface area contributed by atoms with Crippen molar-refractivity contribution in [1.82, 2.24) is 5.32 Å². The second kappa shape index (κ2) is 8.29. The fourth-order valence-corrected chi connectivity index (χ4v) is 4.56. The molecule has 0 saturated heterocycles. The van der Waals surface area contributed by atoms with Gasteiger partial charge in [-0.25, -0.2) is 8.42 Å². The number of sulfonamides is 1. The fraction of sp³-hybridized carbons (Fsp3) is 0.368. The van der Waals surface area contributed by atoms with Crippen LogP contribution in [0.3, 0.4) is 0 Å². The molecule has 26 heavy (non-hydrogen) atoms. The van der Waals surface area contributed by atoms with E-state index < -0.39 is 10.0 Å². The third kappa shape index (κ3) is 4.14. The summed E-state index contributed by atoms with van der Waals surface area (Å²) < 4.78 is 33.7. The zero-order chi connectivity index (χ0) is 18.0. The molecule has 0 amide bonds. The molecule has 1 aliphatic rings. The van der Waals surface area contributed by atoms with Gasteiger partial charge in [-0.05, 0) is 56.2 Å². The maximum atomic E-state index is 13.2. The molecule has 1 N–H and O–H groups in total. The summed E-state index contributed by atoms with van der Waals surface area (Å²) >= 11 is 0. The number of halogens is 1. The molecule has 0 spiro atoms. The summed E-state index contributed by atoms with van der Waals surface area (Å²) in [5, 5.41) is 3.27. The van der Waals surface area contributed by atoms with Crippen molar-refractivity contribution in [3.63, 3.8) is 0 Å². The van der Waals surface area contributed by atoms with Gasteiger partial charge >= 0.3 is 0 Å². The summed E-state index contributed by atoms with van der Waals surface area (Å²) in [7, 11) is -3.63. The van der Waals surface area contributed by atoms with Crippen molar-refractivity contribution in [3.8, 4) is 5.75 Å². The number of anilines is 1. The van der Waals surface area contributed by atoms with E-state index in [0.717, 1.165) is 16.8 Å². The molecule has 7 heteroatoms. The molecule has 0 radical (unpaired) electrons. The van der Waals surface area contributed by atoms with E-state index >= 15 is 0 Å². The molecule has 142 valence electrons. The summed E-state index contributed by atoms with van der Waals surface area (Å²) in [5.41, 5.74) is 2.55. The van der Waals surface area contributed by atoms with Crippen molar-refractivity contribution in [3.05, 3.63) is 53.6 Å². The van der Waals surface area contributed by atoms with Crippen LogP contribution in [0.5, 0.6) is 5.75 Å². The summed E-state index contributed by atoms with van der Waals surface area (Å²) in [6.07, 6.45) is 0.0460. The number of nitrogens with one attached hydrogen (secondary N) is 1. The maximum Gasteiger partial charge on any atom is 0.264 e. The van der Waals surface area contributed by atoms with Gasteiger partial charge < -0.3 is 10.1 Å². The number of fused-ring (bicyclic) bond motifs is 1. The van der Waals surface area contributed by atoms with Crippen molar-refractivity contribution in [2.24, 2.45) is 0 Å². The molecule has 3 rings (SSSR count). The van der Waals surface area contributed by atoms with Crippen molar-refractivity contribution < 1.29 is 13.2 Å². The van der Waals surface area contributed by atoms with Crippen molar-refractivity contribution >= 4 is 28.1 Å². The minimum Gasteiger partial charge on any atom is -0.491 e. The molecular weight excluding hydrogens is 372 g/mol. The highest BCUT2D eigenvalue weighted by Crippen LogP contribution is 2.30. The highest BCUT2D eigenvalue weighted by Gasteiger charge is 2.28. The van der Waals surface area contributed by atoms with E-state index in [2.05, 4.69) is 5.32 Å². The van der Waals surface area contributed by atoms with Gasteiger partial charge in [0.25, 0.3) is 10.0 Å². The van der Waals surface area contributed by atoms with Crippen LogP contribution in [-0.4, -0.2) is 27.6 Å². The molecule has 0 atom stereocenters. The number of ether oxygens (including phenoxy) is 1. The minimum absolute atomic E-state index is 0. The van der Waals surface area contributed by atoms with Crippen LogP contribution in [0.1, 0.15) is 25.0 Å². The molecule has 0 saturated carbocycles. The molecule has 5 nitrogen and oxygen atoms in total. The number of para-hydroxylation sites is 1. The first-order valence-corrected chi connectivity index (χ1v) is 9.92. The van der Waals surface area contributed by atoms with Gasteiger partial charge in [-0.3, -0.25) is 4.31 Å². The highest BCUT2D eigenvalue weighted by molar-refractivity contribution is 7.92. The zero-order valence-electron chi connectivity index (χ0n) is 15.2. The Bertz CT molecular complexity index is 869. The van der Waals surface area contributed by atoms with E-state index in [4.69, 9.17) is 4.74 Å². The number of hydrogen-bond acceptors (Lipinski definition) is 4. The molecular formula is C19H25ClN2O3S. The van der Waals surface area contributed by atoms with Crippen molar-refractivity contribution in [2.45, 2.75) is 38.3 Å². The van der Waals surface area contributed by atoms with Crippen molar-refractivity contribution in [1.29, 1.82) is 0 Å². The second-order valence-corrected chi connectivity index (χ2v) is 8.34. The predicted molar refractivity (Wildman–Crippen MR) is 107 cm³/mol. The molecule has 0 unspecified atom stereocenters. The predicted octanol–water partition coefficient (Wildman–Crippen LogP) is 3.50. The Hall–Kier alpha value is -1.76. The van der Waals surface area contributed by atoms with Gasteiger partial charge in [-0.1, -0.05) is 18.2 Å². The van der Waals surface area contributed by atoms with Crippen LogP contribution in [0.25, 0.3) is 0 Å². The number of rotatable bonds is 4. The largest absolute Gasteiger partial charge is 0.491 e. The average molecular weight is 397 g/mol. The van der Waals surface area contributed by atoms with E-state index in [-0.39, 0.29) is 23.4 Å². The number of nitrogens with zero attached hydrogens (tertiary/aromatic N) is 1. The van der Waals surface area contributed by atoms with Crippen molar-refractivity contribution in [2.75, 3.05) is 17.4 Å². The average Bonchev–Trinajstić information content (AvgIpc) is 2.79. The van der Waals surface area contributed by atoms with Gasteiger partial charge in [0.15, 0.2) is 0 Å². The molecule has 0 aliphatic carbocycles. The van der Waals surface area contributed by atoms with Crippen LogP contribution in [0.2, 0.25) is 0 Å². The number of aryl methyl sites for hydroxylation is 1. The lowest BCUT2D eigenvalue weighted by molar-refractivity contribution is 0.240. The summed E-state index contributed by atoms with van der Waals surface area (Å²) in [6, 6.07) is 12.7. The Morgan fingerprint density at radius 2 is 1.88 bits per heavy atom. The van der Waals surface area contributed by atoms with E-state index in [1.807, 2.05) is 45.0 Å². The monoisotopic (exact) mass is 396 g/mol. The first-order valence-electron chi connectivity index (χ1n) is 8.48. The van der Waals surface area contributed by atoms with Gasteiger partial charge in [-0.2, -0.15) is 0 Å². The minimum atomic E-state index is -3.63. The molecule has 0 bridgehead atoms. The lowest BCUT2D eigenvalue weighted by Crippen LogP contribution is -2.34. The summed E-state index contributed by atoms with van der Waals surface area (Å²) in [6.45, 7) is 7.46. The molecule has 2 aromatic carbocycles. The molecule has 1 aliphatic heterocycles. The Balaban J connectivity index is 0.00000243. The van der Waals surface area contributed by atoms with E-state index in [9.17, 15) is 8.42 Å². The Kier molecular flexibility index (Phi) is 6.55. The third-order valence-electron chi connectivity index (χ3n) is 4.16. The smallest absolute Gasteiger partial charge is 0.264 e. The maximum absolute atomic E-state index is 13.2.